The first-order valence-corrected chi connectivity index (χ1v) is 14.3. The number of ether oxygens (including phenoxy) is 1. The van der Waals surface area contributed by atoms with Crippen LogP contribution < -0.4 is 15.4 Å². The van der Waals surface area contributed by atoms with Crippen molar-refractivity contribution in [3.05, 3.63) is 64.7 Å². The SMILES string of the molecule is CCCCCCOc1c(C(=O)N[C@H](C)c2ccccc2)ccc2c1C1CC3NCCCC3C(=O)N1CC2. The van der Waals surface area contributed by atoms with E-state index in [0.29, 0.717) is 17.9 Å². The Kier molecular flexibility index (Phi) is 8.14. The number of carbonyl (C=O) groups excluding carboxylic acids is 2. The highest BCUT2D eigenvalue weighted by molar-refractivity contribution is 5.98. The minimum atomic E-state index is -0.129. The molecule has 37 heavy (non-hydrogen) atoms. The van der Waals surface area contributed by atoms with E-state index >= 15 is 0 Å². The van der Waals surface area contributed by atoms with Crippen molar-refractivity contribution in [2.45, 2.75) is 83.3 Å². The van der Waals surface area contributed by atoms with Gasteiger partial charge in [0.25, 0.3) is 5.91 Å². The highest BCUT2D eigenvalue weighted by Crippen LogP contribution is 2.46. The maximum atomic E-state index is 13.6. The summed E-state index contributed by atoms with van der Waals surface area (Å²) >= 11 is 0. The lowest BCUT2D eigenvalue weighted by atomic mass is 9.76. The maximum Gasteiger partial charge on any atom is 0.255 e. The van der Waals surface area contributed by atoms with Gasteiger partial charge in [-0.3, -0.25) is 9.59 Å². The van der Waals surface area contributed by atoms with Gasteiger partial charge in [0.2, 0.25) is 5.91 Å². The van der Waals surface area contributed by atoms with Gasteiger partial charge in [-0.1, -0.05) is 62.6 Å². The van der Waals surface area contributed by atoms with Crippen molar-refractivity contribution in [1.29, 1.82) is 0 Å². The maximum absolute atomic E-state index is 13.6. The van der Waals surface area contributed by atoms with Gasteiger partial charge in [0.05, 0.1) is 30.2 Å². The van der Waals surface area contributed by atoms with E-state index in [1.165, 1.54) is 18.4 Å². The molecule has 0 bridgehead atoms. The molecule has 3 unspecified atom stereocenters. The first kappa shape index (κ1) is 25.8. The van der Waals surface area contributed by atoms with Crippen LogP contribution in [0.1, 0.15) is 97.9 Å². The van der Waals surface area contributed by atoms with Gasteiger partial charge in [-0.05, 0) is 62.8 Å². The zero-order chi connectivity index (χ0) is 25.8. The van der Waals surface area contributed by atoms with Crippen LogP contribution in [0.4, 0.5) is 0 Å². The molecule has 4 atom stereocenters. The molecule has 3 aliphatic rings. The summed E-state index contributed by atoms with van der Waals surface area (Å²) in [5.41, 5.74) is 3.90. The third-order valence-corrected chi connectivity index (χ3v) is 8.42. The van der Waals surface area contributed by atoms with Gasteiger partial charge < -0.3 is 20.3 Å². The van der Waals surface area contributed by atoms with Gasteiger partial charge >= 0.3 is 0 Å². The standard InChI is InChI=1S/C31H41N3O3/c1-3-4-5-9-19-37-29-25(30(35)33-21(2)22-11-7-6-8-12-22)15-14-23-16-18-34-27(28(23)29)20-26-24(31(34)36)13-10-17-32-26/h6-8,11-12,14-15,21,24,26-27,32H,3-5,9-10,13,16-20H2,1-2H3,(H,33,35)/t21-,24?,26?,27?/m1/s1. The molecule has 2 saturated heterocycles. The number of fused-ring (bicyclic) bond motifs is 4. The lowest BCUT2D eigenvalue weighted by Gasteiger charge is -2.48. The predicted octanol–water partition coefficient (Wildman–Crippen LogP) is 5.33. The molecule has 2 N–H and O–H groups in total. The summed E-state index contributed by atoms with van der Waals surface area (Å²) in [4.78, 5) is 29.3. The van der Waals surface area contributed by atoms with Crippen molar-refractivity contribution in [3.63, 3.8) is 0 Å². The largest absolute Gasteiger partial charge is 0.492 e. The number of carbonyl (C=O) groups is 2. The average Bonchev–Trinajstić information content (AvgIpc) is 2.93. The number of benzene rings is 2. The first-order valence-electron chi connectivity index (χ1n) is 14.3. The minimum Gasteiger partial charge on any atom is -0.492 e. The Morgan fingerprint density at radius 2 is 2.00 bits per heavy atom. The lowest BCUT2D eigenvalue weighted by Crippen LogP contribution is -2.57. The topological polar surface area (TPSA) is 70.7 Å². The Labute approximate surface area is 221 Å². The second-order valence-electron chi connectivity index (χ2n) is 10.9. The molecule has 6 heteroatoms. The fraction of sp³-hybridized carbons (Fsp3) is 0.548. The van der Waals surface area contributed by atoms with Crippen molar-refractivity contribution < 1.29 is 14.3 Å². The molecule has 0 radical (unpaired) electrons. The smallest absolute Gasteiger partial charge is 0.255 e. The van der Waals surface area contributed by atoms with Crippen LogP contribution in [0.2, 0.25) is 0 Å². The van der Waals surface area contributed by atoms with Crippen LogP contribution in [0.15, 0.2) is 42.5 Å². The molecule has 2 fully saturated rings. The van der Waals surface area contributed by atoms with Crippen LogP contribution in [0.25, 0.3) is 0 Å². The van der Waals surface area contributed by atoms with Gasteiger partial charge in [0, 0.05) is 18.2 Å². The molecule has 0 saturated carbocycles. The van der Waals surface area contributed by atoms with Gasteiger partial charge in [-0.15, -0.1) is 0 Å². The van der Waals surface area contributed by atoms with Crippen LogP contribution in [0.3, 0.4) is 0 Å². The Hall–Kier alpha value is -2.86. The normalized spacial score (nSPS) is 23.5. The zero-order valence-corrected chi connectivity index (χ0v) is 22.3. The first-order chi connectivity index (χ1) is 18.1. The van der Waals surface area contributed by atoms with E-state index in [4.69, 9.17) is 4.74 Å². The molecule has 2 aromatic rings. The Balaban J connectivity index is 1.46. The lowest BCUT2D eigenvalue weighted by molar-refractivity contribution is -0.145. The minimum absolute atomic E-state index is 0.0481. The van der Waals surface area contributed by atoms with Crippen molar-refractivity contribution in [2.24, 2.45) is 5.92 Å². The molecule has 5 rings (SSSR count). The average molecular weight is 504 g/mol. The van der Waals surface area contributed by atoms with E-state index in [1.54, 1.807) is 0 Å². The number of hydrogen-bond donors (Lipinski definition) is 2. The van der Waals surface area contributed by atoms with Crippen LogP contribution in [0, 0.1) is 5.92 Å². The third-order valence-electron chi connectivity index (χ3n) is 8.42. The molecule has 0 aliphatic carbocycles. The Morgan fingerprint density at radius 1 is 1.16 bits per heavy atom. The molecule has 0 aromatic heterocycles. The summed E-state index contributed by atoms with van der Waals surface area (Å²) in [6.07, 6.45) is 8.11. The van der Waals surface area contributed by atoms with Gasteiger partial charge in [0.15, 0.2) is 0 Å². The summed E-state index contributed by atoms with van der Waals surface area (Å²) in [6.45, 7) is 6.50. The van der Waals surface area contributed by atoms with Crippen LogP contribution in [0.5, 0.6) is 5.75 Å². The Morgan fingerprint density at radius 3 is 2.81 bits per heavy atom. The predicted molar refractivity (Wildman–Crippen MR) is 146 cm³/mol. The molecule has 198 valence electrons. The summed E-state index contributed by atoms with van der Waals surface area (Å²) in [5, 5.41) is 6.80. The van der Waals surface area contributed by atoms with Crippen molar-refractivity contribution in [1.82, 2.24) is 15.5 Å². The number of amides is 2. The highest BCUT2D eigenvalue weighted by Gasteiger charge is 2.46. The summed E-state index contributed by atoms with van der Waals surface area (Å²) in [6, 6.07) is 14.1. The molecular weight excluding hydrogens is 462 g/mol. The van der Waals surface area contributed by atoms with Gasteiger partial charge in [0.1, 0.15) is 5.75 Å². The molecular formula is C31H41N3O3. The number of hydrogen-bond acceptors (Lipinski definition) is 4. The van der Waals surface area contributed by atoms with Gasteiger partial charge in [-0.2, -0.15) is 0 Å². The third kappa shape index (κ3) is 5.40. The van der Waals surface area contributed by atoms with Crippen molar-refractivity contribution in [2.75, 3.05) is 19.7 Å². The Bertz CT molecular complexity index is 1100. The van der Waals surface area contributed by atoms with E-state index in [0.717, 1.165) is 62.7 Å². The van der Waals surface area contributed by atoms with Crippen molar-refractivity contribution in [3.8, 4) is 5.75 Å². The second-order valence-corrected chi connectivity index (χ2v) is 10.9. The number of unbranched alkanes of at least 4 members (excludes halogenated alkanes) is 3. The number of piperidine rings is 2. The van der Waals surface area contributed by atoms with Crippen LogP contribution >= 0.6 is 0 Å². The molecule has 3 heterocycles. The molecule has 3 aliphatic heterocycles. The fourth-order valence-electron chi connectivity index (χ4n) is 6.37. The summed E-state index contributed by atoms with van der Waals surface area (Å²) in [7, 11) is 0. The quantitative estimate of drug-likeness (QED) is 0.454. The van der Waals surface area contributed by atoms with Gasteiger partial charge in [-0.25, -0.2) is 0 Å². The monoisotopic (exact) mass is 503 g/mol. The highest BCUT2D eigenvalue weighted by atomic mass is 16.5. The van der Waals surface area contributed by atoms with E-state index in [1.807, 2.05) is 43.3 Å². The van der Waals surface area contributed by atoms with E-state index in [-0.39, 0.29) is 35.9 Å². The zero-order valence-electron chi connectivity index (χ0n) is 22.3. The summed E-state index contributed by atoms with van der Waals surface area (Å²) < 4.78 is 6.49. The molecule has 2 aromatic carbocycles. The van der Waals surface area contributed by atoms with E-state index in [9.17, 15) is 9.59 Å². The van der Waals surface area contributed by atoms with E-state index in [2.05, 4.69) is 28.5 Å². The second kappa shape index (κ2) is 11.7. The van der Waals surface area contributed by atoms with Crippen LogP contribution in [-0.2, 0) is 11.2 Å². The van der Waals surface area contributed by atoms with Crippen molar-refractivity contribution >= 4 is 11.8 Å². The van der Waals surface area contributed by atoms with E-state index < -0.39 is 0 Å². The summed E-state index contributed by atoms with van der Waals surface area (Å²) in [5.74, 6) is 0.892. The number of rotatable bonds is 9. The molecule has 2 amide bonds. The van der Waals surface area contributed by atoms with Crippen LogP contribution in [-0.4, -0.2) is 42.5 Å². The number of nitrogens with one attached hydrogen (secondary N) is 2. The number of nitrogens with zero attached hydrogens (tertiary/aromatic N) is 1. The molecule has 0 spiro atoms. The fourth-order valence-corrected chi connectivity index (χ4v) is 6.37. The molecule has 6 nitrogen and oxygen atoms in total.